The minimum atomic E-state index is -0.320. The van der Waals surface area contributed by atoms with Crippen molar-refractivity contribution in [3.63, 3.8) is 0 Å². The molecule has 0 unspecified atom stereocenters. The van der Waals surface area contributed by atoms with E-state index in [0.29, 0.717) is 15.8 Å². The Bertz CT molecular complexity index is 1110. The van der Waals surface area contributed by atoms with Crippen molar-refractivity contribution in [3.05, 3.63) is 88.3 Å². The molecule has 0 bridgehead atoms. The van der Waals surface area contributed by atoms with Crippen molar-refractivity contribution in [1.29, 1.82) is 0 Å². The number of hydrogen-bond donors (Lipinski definition) is 1. The second-order valence-electron chi connectivity index (χ2n) is 6.53. The summed E-state index contributed by atoms with van der Waals surface area (Å²) in [6, 6.07) is 16.0. The van der Waals surface area contributed by atoms with E-state index in [1.165, 1.54) is 35.0 Å². The van der Waals surface area contributed by atoms with Gasteiger partial charge < -0.3 is 9.88 Å². The fourth-order valence-electron chi connectivity index (χ4n) is 2.87. The van der Waals surface area contributed by atoms with E-state index >= 15 is 0 Å². The summed E-state index contributed by atoms with van der Waals surface area (Å²) in [7, 11) is 0. The smallest absolute Gasteiger partial charge is 0.264 e. The maximum absolute atomic E-state index is 13.0. The molecule has 0 saturated carbocycles. The van der Waals surface area contributed by atoms with Crippen LogP contribution in [0.3, 0.4) is 0 Å². The maximum Gasteiger partial charge on any atom is 0.264 e. The molecule has 0 radical (unpaired) electrons. The van der Waals surface area contributed by atoms with Crippen LogP contribution < -0.4 is 5.32 Å². The average molecular weight is 391 g/mol. The third-order valence-corrected chi connectivity index (χ3v) is 5.45. The third kappa shape index (κ3) is 3.77. The van der Waals surface area contributed by atoms with Crippen LogP contribution in [-0.4, -0.2) is 15.6 Å². The number of rotatable bonds is 3. The number of amidine groups is 1. The summed E-state index contributed by atoms with van der Waals surface area (Å²) < 4.78 is 15.1. The molecule has 2 aromatic carbocycles. The van der Waals surface area contributed by atoms with Crippen LogP contribution in [0.5, 0.6) is 0 Å². The van der Waals surface area contributed by atoms with E-state index in [4.69, 9.17) is 0 Å². The van der Waals surface area contributed by atoms with E-state index in [2.05, 4.69) is 42.4 Å². The molecule has 1 aliphatic heterocycles. The predicted octanol–water partition coefficient (Wildman–Crippen LogP) is 5.12. The molecule has 0 atom stereocenters. The predicted molar refractivity (Wildman–Crippen MR) is 112 cm³/mol. The monoisotopic (exact) mass is 391 g/mol. The highest BCUT2D eigenvalue weighted by molar-refractivity contribution is 8.18. The normalized spacial score (nSPS) is 16.8. The molecule has 4 nitrogen and oxygen atoms in total. The first-order chi connectivity index (χ1) is 13.5. The minimum Gasteiger partial charge on any atom is -0.317 e. The molecule has 28 heavy (non-hydrogen) atoms. The van der Waals surface area contributed by atoms with E-state index in [1.807, 2.05) is 29.0 Å². The van der Waals surface area contributed by atoms with E-state index in [1.54, 1.807) is 12.1 Å². The Morgan fingerprint density at radius 3 is 2.61 bits per heavy atom. The summed E-state index contributed by atoms with van der Waals surface area (Å²) >= 11 is 1.27. The summed E-state index contributed by atoms with van der Waals surface area (Å²) in [5, 5.41) is 3.24. The lowest BCUT2D eigenvalue weighted by molar-refractivity contribution is -0.115. The van der Waals surface area contributed by atoms with Gasteiger partial charge in [0.2, 0.25) is 0 Å². The lowest BCUT2D eigenvalue weighted by Gasteiger charge is -2.09. The van der Waals surface area contributed by atoms with Gasteiger partial charge in [0, 0.05) is 17.6 Å². The largest absolute Gasteiger partial charge is 0.317 e. The second kappa shape index (κ2) is 7.48. The van der Waals surface area contributed by atoms with Gasteiger partial charge in [-0.15, -0.1) is 0 Å². The highest BCUT2D eigenvalue weighted by Crippen LogP contribution is 2.29. The SMILES string of the molecule is Cc1ccc(-n2cccc2/C=C2/SC(=Nc3ccc(F)cc3)NC2=O)cc1C. The highest BCUT2D eigenvalue weighted by atomic mass is 32.2. The van der Waals surface area contributed by atoms with Crippen LogP contribution in [0.15, 0.2) is 70.7 Å². The summed E-state index contributed by atoms with van der Waals surface area (Å²) in [6.45, 7) is 4.16. The van der Waals surface area contributed by atoms with Gasteiger partial charge in [-0.25, -0.2) is 9.38 Å². The quantitative estimate of drug-likeness (QED) is 0.630. The Morgan fingerprint density at radius 2 is 1.86 bits per heavy atom. The molecule has 3 aromatic rings. The lowest BCUT2D eigenvalue weighted by atomic mass is 10.1. The topological polar surface area (TPSA) is 46.4 Å². The van der Waals surface area contributed by atoms with Gasteiger partial charge in [0.25, 0.3) is 5.91 Å². The fourth-order valence-corrected chi connectivity index (χ4v) is 3.70. The molecule has 140 valence electrons. The standard InChI is InChI=1S/C22H18FN3OS/c1-14-5-10-19(12-15(14)2)26-11-3-4-18(26)13-20-21(27)25-22(28-20)24-17-8-6-16(23)7-9-17/h3-13H,1-2H3,(H,24,25,27)/b20-13+. The minimum absolute atomic E-state index is 0.196. The van der Waals surface area contributed by atoms with Crippen LogP contribution >= 0.6 is 11.8 Å². The van der Waals surface area contributed by atoms with Gasteiger partial charge in [-0.3, -0.25) is 4.79 Å². The Hall–Kier alpha value is -3.12. The Balaban J connectivity index is 1.62. The molecule has 1 aromatic heterocycles. The number of aliphatic imine (C=N–C) groups is 1. The van der Waals surface area contributed by atoms with E-state index in [0.717, 1.165) is 11.4 Å². The van der Waals surface area contributed by atoms with Crippen molar-refractivity contribution >= 4 is 34.6 Å². The number of halogens is 1. The molecule has 1 amide bonds. The van der Waals surface area contributed by atoms with Crippen LogP contribution in [0.2, 0.25) is 0 Å². The molecule has 1 aliphatic rings. The van der Waals surface area contributed by atoms with Gasteiger partial charge >= 0.3 is 0 Å². The van der Waals surface area contributed by atoms with Gasteiger partial charge in [0.1, 0.15) is 5.82 Å². The van der Waals surface area contributed by atoms with Crippen LogP contribution in [0.4, 0.5) is 10.1 Å². The van der Waals surface area contributed by atoms with Crippen molar-refractivity contribution in [2.45, 2.75) is 13.8 Å². The van der Waals surface area contributed by atoms with Crippen molar-refractivity contribution in [2.24, 2.45) is 4.99 Å². The van der Waals surface area contributed by atoms with Crippen LogP contribution in [0.25, 0.3) is 11.8 Å². The number of benzene rings is 2. The Labute approximate surface area is 166 Å². The first-order valence-electron chi connectivity index (χ1n) is 8.80. The van der Waals surface area contributed by atoms with Gasteiger partial charge in [-0.1, -0.05) is 6.07 Å². The van der Waals surface area contributed by atoms with E-state index < -0.39 is 0 Å². The van der Waals surface area contributed by atoms with Crippen LogP contribution in [0.1, 0.15) is 16.8 Å². The first-order valence-corrected chi connectivity index (χ1v) is 9.61. The van der Waals surface area contributed by atoms with Crippen molar-refractivity contribution in [2.75, 3.05) is 0 Å². The van der Waals surface area contributed by atoms with Crippen molar-refractivity contribution in [1.82, 2.24) is 9.88 Å². The average Bonchev–Trinajstić information content (AvgIpc) is 3.26. The molecule has 0 aliphatic carbocycles. The Morgan fingerprint density at radius 1 is 1.07 bits per heavy atom. The zero-order chi connectivity index (χ0) is 19.7. The zero-order valence-electron chi connectivity index (χ0n) is 15.4. The lowest BCUT2D eigenvalue weighted by Crippen LogP contribution is -2.19. The number of thioether (sulfide) groups is 1. The summed E-state index contributed by atoms with van der Waals surface area (Å²) in [6.07, 6.45) is 3.82. The highest BCUT2D eigenvalue weighted by Gasteiger charge is 2.24. The van der Waals surface area contributed by atoms with Crippen molar-refractivity contribution in [3.8, 4) is 5.69 Å². The number of aryl methyl sites for hydroxylation is 2. The number of amides is 1. The molecule has 2 heterocycles. The summed E-state index contributed by atoms with van der Waals surface area (Å²) in [5.41, 5.74) is 4.99. The molecule has 6 heteroatoms. The molecule has 1 N–H and O–H groups in total. The first kappa shape index (κ1) is 18.3. The molecule has 0 spiro atoms. The van der Waals surface area contributed by atoms with Crippen molar-refractivity contribution < 1.29 is 9.18 Å². The Kier molecular flexibility index (Phi) is 4.88. The van der Waals surface area contributed by atoms with Gasteiger partial charge in [0.05, 0.1) is 10.6 Å². The number of nitrogens with zero attached hydrogens (tertiary/aromatic N) is 2. The molecule has 4 rings (SSSR count). The van der Waals surface area contributed by atoms with E-state index in [-0.39, 0.29) is 11.7 Å². The van der Waals surface area contributed by atoms with Gasteiger partial charge in [0.15, 0.2) is 5.17 Å². The van der Waals surface area contributed by atoms with Gasteiger partial charge in [-0.2, -0.15) is 0 Å². The molecular formula is C22H18FN3OS. The summed E-state index contributed by atoms with van der Waals surface area (Å²) in [5.74, 6) is -0.515. The third-order valence-electron chi connectivity index (χ3n) is 4.54. The fraction of sp³-hybridized carbons (Fsp3) is 0.0909. The number of carbonyl (C=O) groups is 1. The summed E-state index contributed by atoms with van der Waals surface area (Å²) in [4.78, 5) is 17.3. The van der Waals surface area contributed by atoms with Gasteiger partial charge in [-0.05, 0) is 91.3 Å². The molecule has 1 saturated heterocycles. The second-order valence-corrected chi connectivity index (χ2v) is 7.56. The number of nitrogens with one attached hydrogen (secondary N) is 1. The van der Waals surface area contributed by atoms with E-state index in [9.17, 15) is 9.18 Å². The molecular weight excluding hydrogens is 373 g/mol. The van der Waals surface area contributed by atoms with Crippen LogP contribution in [-0.2, 0) is 4.79 Å². The maximum atomic E-state index is 13.0. The molecule has 1 fully saturated rings. The zero-order valence-corrected chi connectivity index (χ0v) is 16.3. The number of hydrogen-bond acceptors (Lipinski definition) is 3. The van der Waals surface area contributed by atoms with Crippen LogP contribution in [0, 0.1) is 19.7 Å². The number of aromatic nitrogens is 1. The number of carbonyl (C=O) groups excluding carboxylic acids is 1.